The van der Waals surface area contributed by atoms with E-state index in [0.29, 0.717) is 6.04 Å². The largest absolute Gasteiger partial charge is 0.472 e. The minimum Gasteiger partial charge on any atom is -0.472 e. The molecule has 2 aromatic heterocycles. The number of aryl methyl sites for hydroxylation is 1. The average molecular weight is 331 g/mol. The van der Waals surface area contributed by atoms with Gasteiger partial charge in [-0.2, -0.15) is 5.10 Å². The van der Waals surface area contributed by atoms with Crippen LogP contribution in [0.4, 0.5) is 0 Å². The topological polar surface area (TPSA) is 52.7 Å². The third kappa shape index (κ3) is 3.55. The van der Waals surface area contributed by atoms with Gasteiger partial charge in [0.2, 0.25) is 0 Å². The molecule has 2 fully saturated rings. The van der Waals surface area contributed by atoms with Crippen LogP contribution < -0.4 is 0 Å². The van der Waals surface area contributed by atoms with Crippen molar-refractivity contribution in [3.05, 3.63) is 42.6 Å². The second-order valence-corrected chi connectivity index (χ2v) is 6.61. The SMILES string of the molecule is c1cnn(CCCO[C@@H]2CC[C@H]3[C@H]2OCCN3Cc2ccoc2)c1. The minimum atomic E-state index is 0.204. The Morgan fingerprint density at radius 3 is 3.17 bits per heavy atom. The molecule has 24 heavy (non-hydrogen) atoms. The second-order valence-electron chi connectivity index (χ2n) is 6.61. The Balaban J connectivity index is 1.26. The lowest BCUT2D eigenvalue weighted by molar-refractivity contribution is -0.115. The lowest BCUT2D eigenvalue weighted by Crippen LogP contribution is -2.51. The fourth-order valence-electron chi connectivity index (χ4n) is 3.88. The summed E-state index contributed by atoms with van der Waals surface area (Å²) >= 11 is 0. The molecule has 2 aliphatic rings. The van der Waals surface area contributed by atoms with Gasteiger partial charge in [-0.1, -0.05) is 0 Å². The molecular weight excluding hydrogens is 306 g/mol. The van der Waals surface area contributed by atoms with Gasteiger partial charge in [0.05, 0.1) is 31.3 Å². The molecule has 0 spiro atoms. The van der Waals surface area contributed by atoms with Crippen molar-refractivity contribution in [1.29, 1.82) is 0 Å². The highest BCUT2D eigenvalue weighted by Gasteiger charge is 2.43. The zero-order valence-corrected chi connectivity index (χ0v) is 13.9. The predicted octanol–water partition coefficient (Wildman–Crippen LogP) is 2.31. The van der Waals surface area contributed by atoms with Gasteiger partial charge in [0.1, 0.15) is 0 Å². The lowest BCUT2D eigenvalue weighted by Gasteiger charge is -2.38. The van der Waals surface area contributed by atoms with Gasteiger partial charge in [-0.25, -0.2) is 0 Å². The summed E-state index contributed by atoms with van der Waals surface area (Å²) in [6, 6.07) is 4.46. The van der Waals surface area contributed by atoms with Crippen LogP contribution in [0.15, 0.2) is 41.5 Å². The first-order valence-electron chi connectivity index (χ1n) is 8.86. The number of ether oxygens (including phenoxy) is 2. The van der Waals surface area contributed by atoms with E-state index in [2.05, 4.69) is 10.00 Å². The molecule has 0 radical (unpaired) electrons. The first-order valence-corrected chi connectivity index (χ1v) is 8.86. The highest BCUT2D eigenvalue weighted by Crippen LogP contribution is 2.33. The highest BCUT2D eigenvalue weighted by atomic mass is 16.5. The summed E-state index contributed by atoms with van der Waals surface area (Å²) < 4.78 is 19.3. The van der Waals surface area contributed by atoms with Gasteiger partial charge in [-0.05, 0) is 31.4 Å². The molecule has 1 aliphatic heterocycles. The molecule has 6 nitrogen and oxygen atoms in total. The first-order chi connectivity index (χ1) is 11.9. The molecule has 0 amide bonds. The number of hydrogen-bond acceptors (Lipinski definition) is 5. The van der Waals surface area contributed by atoms with E-state index in [4.69, 9.17) is 13.9 Å². The van der Waals surface area contributed by atoms with Gasteiger partial charge in [0.25, 0.3) is 0 Å². The molecule has 6 heteroatoms. The number of fused-ring (bicyclic) bond motifs is 1. The summed E-state index contributed by atoms with van der Waals surface area (Å²) in [5.74, 6) is 0. The van der Waals surface area contributed by atoms with Crippen molar-refractivity contribution in [2.24, 2.45) is 0 Å². The zero-order chi connectivity index (χ0) is 16.2. The molecule has 130 valence electrons. The van der Waals surface area contributed by atoms with Crippen molar-refractivity contribution in [2.75, 3.05) is 19.8 Å². The molecule has 3 atom stereocenters. The van der Waals surface area contributed by atoms with E-state index in [-0.39, 0.29) is 12.2 Å². The maximum atomic E-state index is 6.14. The number of aromatic nitrogens is 2. The van der Waals surface area contributed by atoms with Gasteiger partial charge < -0.3 is 13.9 Å². The van der Waals surface area contributed by atoms with Gasteiger partial charge in [0, 0.05) is 50.2 Å². The molecule has 2 aromatic rings. The normalized spacial score (nSPS) is 27.4. The molecule has 1 saturated heterocycles. The Morgan fingerprint density at radius 2 is 2.33 bits per heavy atom. The zero-order valence-electron chi connectivity index (χ0n) is 13.9. The first kappa shape index (κ1) is 15.9. The van der Waals surface area contributed by atoms with Crippen molar-refractivity contribution in [3.8, 4) is 0 Å². The molecule has 0 N–H and O–H groups in total. The Hall–Kier alpha value is -1.63. The van der Waals surface area contributed by atoms with Crippen LogP contribution in [0.3, 0.4) is 0 Å². The van der Waals surface area contributed by atoms with Crippen LogP contribution in [0.1, 0.15) is 24.8 Å². The number of furan rings is 1. The number of hydrogen-bond donors (Lipinski definition) is 0. The third-order valence-electron chi connectivity index (χ3n) is 5.04. The van der Waals surface area contributed by atoms with Gasteiger partial charge >= 0.3 is 0 Å². The summed E-state index contributed by atoms with van der Waals surface area (Å²) in [6.45, 7) is 4.37. The molecule has 3 heterocycles. The predicted molar refractivity (Wildman–Crippen MR) is 88.5 cm³/mol. The average Bonchev–Trinajstić information content (AvgIpc) is 3.34. The van der Waals surface area contributed by atoms with Crippen LogP contribution in [0.2, 0.25) is 0 Å². The van der Waals surface area contributed by atoms with Crippen LogP contribution >= 0.6 is 0 Å². The molecule has 4 rings (SSSR count). The summed E-state index contributed by atoms with van der Waals surface area (Å²) in [5, 5.41) is 4.22. The number of rotatable bonds is 7. The van der Waals surface area contributed by atoms with Gasteiger partial charge in [-0.15, -0.1) is 0 Å². The minimum absolute atomic E-state index is 0.204. The fourth-order valence-corrected chi connectivity index (χ4v) is 3.88. The van der Waals surface area contributed by atoms with Crippen LogP contribution in [0.5, 0.6) is 0 Å². The molecule has 0 unspecified atom stereocenters. The summed E-state index contributed by atoms with van der Waals surface area (Å²) in [7, 11) is 0. The monoisotopic (exact) mass is 331 g/mol. The lowest BCUT2D eigenvalue weighted by atomic mass is 10.1. The fraction of sp³-hybridized carbons (Fsp3) is 0.611. The van der Waals surface area contributed by atoms with Gasteiger partial charge in [0.15, 0.2) is 0 Å². The molecule has 0 bridgehead atoms. The van der Waals surface area contributed by atoms with Crippen molar-refractivity contribution in [3.63, 3.8) is 0 Å². The van der Waals surface area contributed by atoms with Crippen LogP contribution in [0, 0.1) is 0 Å². The van der Waals surface area contributed by atoms with Crippen molar-refractivity contribution in [1.82, 2.24) is 14.7 Å². The Morgan fingerprint density at radius 1 is 1.33 bits per heavy atom. The van der Waals surface area contributed by atoms with Crippen molar-refractivity contribution >= 4 is 0 Å². The Kier molecular flexibility index (Phi) is 4.96. The van der Waals surface area contributed by atoms with E-state index in [0.717, 1.165) is 52.1 Å². The van der Waals surface area contributed by atoms with Crippen molar-refractivity contribution in [2.45, 2.75) is 50.6 Å². The van der Waals surface area contributed by atoms with E-state index in [1.165, 1.54) is 5.56 Å². The quantitative estimate of drug-likeness (QED) is 0.729. The van der Waals surface area contributed by atoms with E-state index < -0.39 is 0 Å². The summed E-state index contributed by atoms with van der Waals surface area (Å²) in [4.78, 5) is 2.52. The smallest absolute Gasteiger partial charge is 0.0992 e. The van der Waals surface area contributed by atoms with E-state index in [1.807, 2.05) is 35.5 Å². The summed E-state index contributed by atoms with van der Waals surface area (Å²) in [5.41, 5.74) is 1.24. The van der Waals surface area contributed by atoms with Crippen LogP contribution in [0.25, 0.3) is 0 Å². The van der Waals surface area contributed by atoms with Crippen LogP contribution in [-0.2, 0) is 22.6 Å². The maximum Gasteiger partial charge on any atom is 0.0992 e. The van der Waals surface area contributed by atoms with Crippen LogP contribution in [-0.4, -0.2) is 52.7 Å². The van der Waals surface area contributed by atoms with E-state index >= 15 is 0 Å². The third-order valence-corrected chi connectivity index (χ3v) is 5.04. The van der Waals surface area contributed by atoms with Gasteiger partial charge in [-0.3, -0.25) is 9.58 Å². The highest BCUT2D eigenvalue weighted by molar-refractivity contribution is 5.07. The summed E-state index contributed by atoms with van der Waals surface area (Å²) in [6.07, 6.45) is 11.0. The Labute approximate surface area is 142 Å². The second kappa shape index (κ2) is 7.51. The van der Waals surface area contributed by atoms with E-state index in [9.17, 15) is 0 Å². The standard InChI is InChI=1S/C18H25N3O3/c1-6-19-21(7-1)8-2-10-23-17-4-3-16-18(17)24-12-9-20(16)13-15-5-11-22-14-15/h1,5-7,11,14,16-18H,2-4,8-10,12-13H2/t16-,17+,18+/m0/s1. The van der Waals surface area contributed by atoms with Crippen molar-refractivity contribution < 1.29 is 13.9 Å². The molecule has 1 saturated carbocycles. The molecular formula is C18H25N3O3. The number of morpholine rings is 1. The molecule has 1 aliphatic carbocycles. The molecule has 0 aromatic carbocycles. The number of nitrogens with zero attached hydrogens (tertiary/aromatic N) is 3. The maximum absolute atomic E-state index is 6.14. The Bertz CT molecular complexity index is 599. The van der Waals surface area contributed by atoms with E-state index in [1.54, 1.807) is 6.26 Å².